The third kappa shape index (κ3) is 8.86. The summed E-state index contributed by atoms with van der Waals surface area (Å²) in [7, 11) is 10.2. The molecule has 0 saturated heterocycles. The van der Waals surface area contributed by atoms with Gasteiger partial charge in [0, 0.05) is 98.8 Å². The van der Waals surface area contributed by atoms with Gasteiger partial charge in [-0.25, -0.2) is 19.9 Å². The van der Waals surface area contributed by atoms with Crippen LogP contribution in [0.5, 0.6) is 34.5 Å². The van der Waals surface area contributed by atoms with Crippen LogP contribution in [0.2, 0.25) is 0 Å². The SMILES string of the molecule is COc1cccc(-c2c3nc(c(-c4cccc(OC)c4)c4cc5c6cc7nc6c6c8[nH]c(cc8c8cc(nc8c6c5[nH]4)c(-c4cccc(OC)c4)c4ccc2[nH]4)c(-c2cccc(OC)c2)c2nc(c(-c4cccc(OC)c4)c4ccc([nH]4)c7-c4cccc(OC)c4)C=C2)C=C3)c1. The van der Waals surface area contributed by atoms with Crippen molar-refractivity contribution in [3.05, 3.63) is 217 Å². The summed E-state index contributed by atoms with van der Waals surface area (Å²) in [5.74, 6) is 4.26. The lowest BCUT2D eigenvalue weighted by atomic mass is 9.97. The van der Waals surface area contributed by atoms with E-state index in [4.69, 9.17) is 48.4 Å². The molecule has 96 heavy (non-hydrogen) atoms. The standard InChI is InChI=1S/C82H58N8O6/c1-91-49-19-7-13-43(33-49)71-59-25-29-63(83-59)73(45-15-9-21-51(35-45)93-3)67-39-55-57-41-69-75(47-17-11-23-53(37-47)95-5)65-31-27-61(85-65)72(44-14-8-20-50(34-44)92-2)62-28-32-66(86-62)76(48-18-12-24-54(38-48)96-6)70-42-58-56-40-68(74(64-30-26-60(71)84-64)46-16-10-22-52(36-46)94-4)88-80(56)77(79(55)87-67)78(81(57)89-69)82(58)90-70/h7-42,83,86,88-89H,1-6H3. The summed E-state index contributed by atoms with van der Waals surface area (Å²) in [4.78, 5) is 39.5. The molecule has 16 aromatic rings. The van der Waals surface area contributed by atoms with Gasteiger partial charge in [-0.05, 0) is 179 Å². The number of fused-ring (bicyclic) bond motifs is 14. The minimum absolute atomic E-state index is 0.706. The molecule has 18 rings (SSSR count). The predicted octanol–water partition coefficient (Wildman–Crippen LogP) is 19.7. The fraction of sp³-hybridized carbons (Fsp3) is 0.0732. The molecule has 10 heterocycles. The smallest absolute Gasteiger partial charge is 0.119 e. The molecule has 2 aliphatic rings. The first kappa shape index (κ1) is 56.1. The van der Waals surface area contributed by atoms with Crippen LogP contribution in [-0.4, -0.2) is 82.5 Å². The lowest BCUT2D eigenvalue weighted by Gasteiger charge is -2.08. The number of ether oxygens (including phenoxy) is 6. The number of nitrogens with zero attached hydrogens (tertiary/aromatic N) is 4. The van der Waals surface area contributed by atoms with E-state index in [9.17, 15) is 0 Å². The van der Waals surface area contributed by atoms with E-state index >= 15 is 0 Å². The first-order valence-corrected chi connectivity index (χ1v) is 31.6. The maximum absolute atomic E-state index is 5.99. The second kappa shape index (κ2) is 22.0. The van der Waals surface area contributed by atoms with Crippen LogP contribution in [0.15, 0.2) is 194 Å². The van der Waals surface area contributed by atoms with Crippen molar-refractivity contribution in [1.29, 1.82) is 0 Å². The lowest BCUT2D eigenvalue weighted by Crippen LogP contribution is -1.90. The number of aromatic nitrogens is 8. The number of nitrogens with one attached hydrogen (secondary N) is 4. The Morgan fingerprint density at radius 3 is 0.812 bits per heavy atom. The summed E-state index contributed by atoms with van der Waals surface area (Å²) in [6.45, 7) is 0. The van der Waals surface area contributed by atoms with Gasteiger partial charge in [0.15, 0.2) is 0 Å². The first-order valence-electron chi connectivity index (χ1n) is 31.6. The molecule has 462 valence electrons. The van der Waals surface area contributed by atoms with E-state index in [0.29, 0.717) is 23.0 Å². The predicted molar refractivity (Wildman–Crippen MR) is 389 cm³/mol. The van der Waals surface area contributed by atoms with E-state index < -0.39 is 0 Å². The molecule has 0 atom stereocenters. The summed E-state index contributed by atoms with van der Waals surface area (Å²) < 4.78 is 35.7. The van der Waals surface area contributed by atoms with Crippen LogP contribution in [0.1, 0.15) is 22.8 Å². The van der Waals surface area contributed by atoms with Crippen molar-refractivity contribution in [1.82, 2.24) is 39.9 Å². The van der Waals surface area contributed by atoms with Crippen LogP contribution in [0.4, 0.5) is 0 Å². The zero-order chi connectivity index (χ0) is 64.4. The van der Waals surface area contributed by atoms with Gasteiger partial charge >= 0.3 is 0 Å². The largest absolute Gasteiger partial charge is 0.497 e. The van der Waals surface area contributed by atoms with Crippen molar-refractivity contribution < 1.29 is 28.4 Å². The number of H-pyrrole nitrogens is 4. The Morgan fingerprint density at radius 1 is 0.250 bits per heavy atom. The maximum Gasteiger partial charge on any atom is 0.119 e. The van der Waals surface area contributed by atoms with Crippen LogP contribution in [-0.2, 0) is 0 Å². The Kier molecular flexibility index (Phi) is 12.9. The van der Waals surface area contributed by atoms with Crippen LogP contribution in [0.25, 0.3) is 190 Å². The van der Waals surface area contributed by atoms with Gasteiger partial charge in [-0.2, -0.15) is 0 Å². The third-order valence-electron chi connectivity index (χ3n) is 18.9. The highest BCUT2D eigenvalue weighted by atomic mass is 16.5. The summed E-state index contributed by atoms with van der Waals surface area (Å²) >= 11 is 0. The van der Waals surface area contributed by atoms with Crippen molar-refractivity contribution >= 4 is 123 Å². The molecule has 0 aliphatic carbocycles. The average Bonchev–Trinajstić information content (AvgIpc) is 1.52. The molecule has 8 aromatic heterocycles. The highest BCUT2D eigenvalue weighted by Gasteiger charge is 2.27. The van der Waals surface area contributed by atoms with Gasteiger partial charge in [0.05, 0.1) is 98.5 Å². The lowest BCUT2D eigenvalue weighted by molar-refractivity contribution is 0.415. The quantitative estimate of drug-likeness (QED) is 0.0923. The van der Waals surface area contributed by atoms with Crippen molar-refractivity contribution in [2.24, 2.45) is 0 Å². The van der Waals surface area contributed by atoms with Crippen LogP contribution in [0, 0.1) is 0 Å². The van der Waals surface area contributed by atoms with Gasteiger partial charge in [-0.1, -0.05) is 72.8 Å². The van der Waals surface area contributed by atoms with Crippen LogP contribution < -0.4 is 28.4 Å². The Labute approximate surface area is 549 Å². The minimum Gasteiger partial charge on any atom is -0.497 e. The highest BCUT2D eigenvalue weighted by molar-refractivity contribution is 6.39. The van der Waals surface area contributed by atoms with Gasteiger partial charge in [-0.3, -0.25) is 0 Å². The van der Waals surface area contributed by atoms with E-state index in [1.54, 1.807) is 42.7 Å². The third-order valence-corrected chi connectivity index (χ3v) is 18.9. The van der Waals surface area contributed by atoms with Crippen LogP contribution >= 0.6 is 0 Å². The Hall–Kier alpha value is -12.7. The van der Waals surface area contributed by atoms with Gasteiger partial charge in [0.2, 0.25) is 0 Å². The molecule has 0 saturated carbocycles. The number of hydrogen-bond acceptors (Lipinski definition) is 10. The van der Waals surface area contributed by atoms with Gasteiger partial charge in [0.25, 0.3) is 0 Å². The topological polar surface area (TPSA) is 170 Å². The number of benzene rings is 8. The fourth-order valence-corrected chi connectivity index (χ4v) is 14.6. The van der Waals surface area contributed by atoms with E-state index in [-0.39, 0.29) is 0 Å². The van der Waals surface area contributed by atoms with Gasteiger partial charge in [-0.15, -0.1) is 0 Å². The zero-order valence-electron chi connectivity index (χ0n) is 53.0. The number of rotatable bonds is 12. The number of aromatic amines is 4. The van der Waals surface area contributed by atoms with Crippen molar-refractivity contribution in [3.8, 4) is 101 Å². The second-order valence-corrected chi connectivity index (χ2v) is 24.1. The van der Waals surface area contributed by atoms with Crippen LogP contribution in [0.3, 0.4) is 0 Å². The molecular weight excluding hydrogens is 1190 g/mol. The number of methoxy groups -OCH3 is 6. The summed E-state index contributed by atoms with van der Waals surface area (Å²) in [5.41, 5.74) is 23.5. The second-order valence-electron chi connectivity index (χ2n) is 24.1. The molecular formula is C82H58N8O6. The normalized spacial score (nSPS) is 12.2. The molecule has 2 aliphatic heterocycles. The maximum atomic E-state index is 5.99. The molecule has 0 radical (unpaired) electrons. The molecule has 4 N–H and O–H groups in total. The van der Waals surface area contributed by atoms with E-state index in [0.717, 1.165) is 200 Å². The summed E-state index contributed by atoms with van der Waals surface area (Å²) in [5, 5.41) is 5.49. The molecule has 14 nitrogen and oxygen atoms in total. The average molecular weight is 1250 g/mol. The molecule has 8 aromatic carbocycles. The minimum atomic E-state index is 0.706. The van der Waals surface area contributed by atoms with Gasteiger partial charge in [0.1, 0.15) is 34.5 Å². The molecule has 14 heteroatoms. The molecule has 0 spiro atoms. The van der Waals surface area contributed by atoms with Crippen molar-refractivity contribution in [2.75, 3.05) is 42.7 Å². The summed E-state index contributed by atoms with van der Waals surface area (Å²) in [6.07, 6.45) is 8.43. The van der Waals surface area contributed by atoms with Gasteiger partial charge < -0.3 is 48.4 Å². The Balaban J connectivity index is 1.11. The molecule has 0 fully saturated rings. The molecule has 16 bridgehead atoms. The monoisotopic (exact) mass is 1250 g/mol. The van der Waals surface area contributed by atoms with E-state index in [1.807, 2.05) is 72.8 Å². The van der Waals surface area contributed by atoms with E-state index in [1.165, 1.54) is 0 Å². The highest BCUT2D eigenvalue weighted by Crippen LogP contribution is 2.50. The Morgan fingerprint density at radius 2 is 0.521 bits per heavy atom. The number of hydrogen-bond donors (Lipinski definition) is 4. The van der Waals surface area contributed by atoms with E-state index in [2.05, 4.69) is 166 Å². The van der Waals surface area contributed by atoms with Crippen molar-refractivity contribution in [2.45, 2.75) is 0 Å². The fourth-order valence-electron chi connectivity index (χ4n) is 14.6. The first-order chi connectivity index (χ1) is 47.2. The summed E-state index contributed by atoms with van der Waals surface area (Å²) in [6, 6.07) is 66.6. The molecule has 0 unspecified atom stereocenters. The van der Waals surface area contributed by atoms with Crippen molar-refractivity contribution in [3.63, 3.8) is 0 Å². The Bertz CT molecular complexity index is 5830. The zero-order valence-corrected chi connectivity index (χ0v) is 53.0. The molecule has 0 amide bonds.